The molecule has 1 aliphatic heterocycles. The molecular weight excluding hydrogens is 308 g/mol. The number of carbonyl (C=O) groups is 2. The van der Waals surface area contributed by atoms with Gasteiger partial charge >= 0.3 is 0 Å². The molecule has 2 amide bonds. The Hall–Kier alpha value is -2.76. The van der Waals surface area contributed by atoms with Crippen molar-refractivity contribution in [2.45, 2.75) is 18.9 Å². The van der Waals surface area contributed by atoms with Gasteiger partial charge in [0.25, 0.3) is 11.8 Å². The zero-order valence-electron chi connectivity index (χ0n) is 13.5. The Bertz CT molecular complexity index is 704. The summed E-state index contributed by atoms with van der Waals surface area (Å²) >= 11 is 0. The van der Waals surface area contributed by atoms with Crippen LogP contribution < -0.4 is 10.1 Å². The van der Waals surface area contributed by atoms with E-state index in [9.17, 15) is 9.59 Å². The van der Waals surface area contributed by atoms with Crippen LogP contribution in [0, 0.1) is 0 Å². The van der Waals surface area contributed by atoms with Crippen molar-refractivity contribution in [3.8, 4) is 5.75 Å². The van der Waals surface area contributed by atoms with Crippen molar-refractivity contribution in [3.05, 3.63) is 54.0 Å². The van der Waals surface area contributed by atoms with Crippen molar-refractivity contribution in [1.82, 2.24) is 10.2 Å². The molecule has 126 valence electrons. The Morgan fingerprint density at radius 3 is 2.58 bits per heavy atom. The van der Waals surface area contributed by atoms with Crippen molar-refractivity contribution < 1.29 is 18.7 Å². The quantitative estimate of drug-likeness (QED) is 0.935. The molecule has 2 heterocycles. The zero-order chi connectivity index (χ0) is 16.9. The molecule has 3 rings (SSSR count). The largest absolute Gasteiger partial charge is 0.496 e. The highest BCUT2D eigenvalue weighted by molar-refractivity contribution is 5.97. The molecule has 0 radical (unpaired) electrons. The van der Waals surface area contributed by atoms with Crippen LogP contribution in [0.3, 0.4) is 0 Å². The minimum absolute atomic E-state index is 0.0386. The van der Waals surface area contributed by atoms with Gasteiger partial charge in [-0.2, -0.15) is 0 Å². The fourth-order valence-corrected chi connectivity index (χ4v) is 2.88. The summed E-state index contributed by atoms with van der Waals surface area (Å²) in [6, 6.07) is 10.6. The van der Waals surface area contributed by atoms with Gasteiger partial charge in [0.05, 0.1) is 18.9 Å². The first-order chi connectivity index (χ1) is 11.7. The Morgan fingerprint density at radius 1 is 1.17 bits per heavy atom. The number of piperidine rings is 1. The molecule has 1 saturated heterocycles. The second-order valence-corrected chi connectivity index (χ2v) is 5.72. The van der Waals surface area contributed by atoms with Gasteiger partial charge < -0.3 is 19.4 Å². The summed E-state index contributed by atoms with van der Waals surface area (Å²) < 4.78 is 10.3. The predicted molar refractivity (Wildman–Crippen MR) is 88.1 cm³/mol. The second-order valence-electron chi connectivity index (χ2n) is 5.72. The van der Waals surface area contributed by atoms with E-state index in [4.69, 9.17) is 9.15 Å². The summed E-state index contributed by atoms with van der Waals surface area (Å²) in [5.41, 5.74) is 0.568. The van der Waals surface area contributed by atoms with Gasteiger partial charge in [-0.1, -0.05) is 12.1 Å². The molecule has 1 aliphatic rings. The summed E-state index contributed by atoms with van der Waals surface area (Å²) in [5.74, 6) is 0.635. The summed E-state index contributed by atoms with van der Waals surface area (Å²) in [7, 11) is 1.56. The average Bonchev–Trinajstić information content (AvgIpc) is 3.16. The number of methoxy groups -OCH3 is 1. The number of hydrogen-bond donors (Lipinski definition) is 1. The van der Waals surface area contributed by atoms with Gasteiger partial charge in [-0.15, -0.1) is 0 Å². The number of benzene rings is 1. The summed E-state index contributed by atoms with van der Waals surface area (Å²) in [4.78, 5) is 26.4. The molecule has 0 unspecified atom stereocenters. The van der Waals surface area contributed by atoms with Crippen LogP contribution in [0.2, 0.25) is 0 Å². The van der Waals surface area contributed by atoms with Crippen molar-refractivity contribution >= 4 is 11.8 Å². The maximum Gasteiger partial charge on any atom is 0.287 e. The maximum absolute atomic E-state index is 12.6. The van der Waals surface area contributed by atoms with Gasteiger partial charge in [0, 0.05) is 19.1 Å². The molecular formula is C18H20N2O4. The monoisotopic (exact) mass is 328 g/mol. The van der Waals surface area contributed by atoms with Crippen LogP contribution in [0.1, 0.15) is 33.8 Å². The molecule has 1 aromatic heterocycles. The standard InChI is InChI=1S/C18H20N2O4/c1-23-15-6-3-2-5-14(15)18(22)20-10-8-13(9-11-20)19-17(21)16-7-4-12-24-16/h2-7,12-13H,8-11H2,1H3,(H,19,21). The summed E-state index contributed by atoms with van der Waals surface area (Å²) in [5, 5.41) is 2.95. The van der Waals surface area contributed by atoms with Gasteiger partial charge in [-0.05, 0) is 37.1 Å². The molecule has 1 aromatic carbocycles. The first-order valence-corrected chi connectivity index (χ1v) is 7.95. The third-order valence-electron chi connectivity index (χ3n) is 4.20. The smallest absolute Gasteiger partial charge is 0.287 e. The van der Waals surface area contributed by atoms with E-state index in [1.54, 1.807) is 36.3 Å². The lowest BCUT2D eigenvalue weighted by Gasteiger charge is -2.32. The SMILES string of the molecule is COc1ccccc1C(=O)N1CCC(NC(=O)c2ccco2)CC1. The van der Waals surface area contributed by atoms with Gasteiger partial charge in [0.1, 0.15) is 5.75 Å². The van der Waals surface area contributed by atoms with Crippen molar-refractivity contribution in [3.63, 3.8) is 0 Å². The maximum atomic E-state index is 12.6. The molecule has 6 heteroatoms. The van der Waals surface area contributed by atoms with Gasteiger partial charge in [0.2, 0.25) is 0 Å². The van der Waals surface area contributed by atoms with Crippen LogP contribution in [0.4, 0.5) is 0 Å². The molecule has 2 aromatic rings. The van der Waals surface area contributed by atoms with E-state index in [0.29, 0.717) is 43.0 Å². The summed E-state index contributed by atoms with van der Waals surface area (Å²) in [6.45, 7) is 1.19. The van der Waals surface area contributed by atoms with Crippen LogP contribution in [0.15, 0.2) is 47.1 Å². The molecule has 0 spiro atoms. The van der Waals surface area contributed by atoms with E-state index in [2.05, 4.69) is 5.32 Å². The Morgan fingerprint density at radius 2 is 1.92 bits per heavy atom. The van der Waals surface area contributed by atoms with Gasteiger partial charge in [-0.3, -0.25) is 9.59 Å². The number of ether oxygens (including phenoxy) is 1. The number of amides is 2. The Kier molecular flexibility index (Phi) is 4.84. The van der Waals surface area contributed by atoms with E-state index < -0.39 is 0 Å². The number of nitrogens with one attached hydrogen (secondary N) is 1. The molecule has 0 bridgehead atoms. The predicted octanol–water partition coefficient (Wildman–Crippen LogP) is 2.32. The Labute approximate surface area is 140 Å². The van der Waals surface area contributed by atoms with Crippen LogP contribution in [-0.4, -0.2) is 43.0 Å². The normalized spacial score (nSPS) is 15.1. The highest BCUT2D eigenvalue weighted by atomic mass is 16.5. The lowest BCUT2D eigenvalue weighted by molar-refractivity contribution is 0.0692. The molecule has 0 saturated carbocycles. The van der Waals surface area contributed by atoms with Crippen molar-refractivity contribution in [1.29, 1.82) is 0 Å². The summed E-state index contributed by atoms with van der Waals surface area (Å²) in [6.07, 6.45) is 2.91. The minimum atomic E-state index is -0.213. The van der Waals surface area contributed by atoms with Gasteiger partial charge in [0.15, 0.2) is 5.76 Å². The molecule has 24 heavy (non-hydrogen) atoms. The number of furan rings is 1. The minimum Gasteiger partial charge on any atom is -0.496 e. The molecule has 0 atom stereocenters. The van der Waals surface area contributed by atoms with E-state index >= 15 is 0 Å². The number of nitrogens with zero attached hydrogens (tertiary/aromatic N) is 1. The highest BCUT2D eigenvalue weighted by Gasteiger charge is 2.26. The van der Waals surface area contributed by atoms with E-state index in [-0.39, 0.29) is 17.9 Å². The number of hydrogen-bond acceptors (Lipinski definition) is 4. The van der Waals surface area contributed by atoms with Crippen LogP contribution in [0.5, 0.6) is 5.75 Å². The second kappa shape index (κ2) is 7.21. The van der Waals surface area contributed by atoms with Crippen LogP contribution in [-0.2, 0) is 0 Å². The first-order valence-electron chi connectivity index (χ1n) is 7.95. The van der Waals surface area contributed by atoms with Crippen LogP contribution in [0.25, 0.3) is 0 Å². The number of carbonyl (C=O) groups excluding carboxylic acids is 2. The molecule has 0 aliphatic carbocycles. The lowest BCUT2D eigenvalue weighted by atomic mass is 10.0. The van der Waals surface area contributed by atoms with E-state index in [0.717, 1.165) is 0 Å². The van der Waals surface area contributed by atoms with Gasteiger partial charge in [-0.25, -0.2) is 0 Å². The third-order valence-corrected chi connectivity index (χ3v) is 4.20. The topological polar surface area (TPSA) is 71.8 Å². The van der Waals surface area contributed by atoms with Crippen molar-refractivity contribution in [2.24, 2.45) is 0 Å². The fourth-order valence-electron chi connectivity index (χ4n) is 2.88. The fraction of sp³-hybridized carbons (Fsp3) is 0.333. The average molecular weight is 328 g/mol. The number of rotatable bonds is 4. The molecule has 6 nitrogen and oxygen atoms in total. The lowest BCUT2D eigenvalue weighted by Crippen LogP contribution is -2.46. The van der Waals surface area contributed by atoms with Crippen molar-refractivity contribution in [2.75, 3.05) is 20.2 Å². The van der Waals surface area contributed by atoms with E-state index in [1.807, 2.05) is 12.1 Å². The number of para-hydroxylation sites is 1. The first kappa shape index (κ1) is 16.1. The zero-order valence-corrected chi connectivity index (χ0v) is 13.5. The van der Waals surface area contributed by atoms with E-state index in [1.165, 1.54) is 6.26 Å². The molecule has 1 N–H and O–H groups in total. The Balaban J connectivity index is 1.57. The highest BCUT2D eigenvalue weighted by Crippen LogP contribution is 2.21. The number of likely N-dealkylation sites (tertiary alicyclic amines) is 1. The molecule has 1 fully saturated rings. The van der Waals surface area contributed by atoms with Crippen LogP contribution >= 0.6 is 0 Å². The third kappa shape index (κ3) is 3.42.